The fraction of sp³-hybridized carbons (Fsp3) is 0.708. The zero-order chi connectivity index (χ0) is 22.9. The van der Waals surface area contributed by atoms with Gasteiger partial charge in [0.25, 0.3) is 0 Å². The number of hydrogen-bond donors (Lipinski definition) is 1. The average molecular weight is 453 g/mol. The van der Waals surface area contributed by atoms with Crippen molar-refractivity contribution in [1.29, 1.82) is 0 Å². The Bertz CT molecular complexity index is 794. The number of nitrogens with one attached hydrogen (secondary N) is 1. The summed E-state index contributed by atoms with van der Waals surface area (Å²) < 4.78 is 31.9. The first kappa shape index (κ1) is 25.7. The van der Waals surface area contributed by atoms with Gasteiger partial charge in [-0.15, -0.1) is 0 Å². The minimum atomic E-state index is -3.59. The van der Waals surface area contributed by atoms with E-state index in [-0.39, 0.29) is 24.2 Å². The van der Waals surface area contributed by atoms with Crippen LogP contribution in [0.2, 0.25) is 0 Å². The Kier molecular flexibility index (Phi) is 9.82. The molecular formula is C24H40N2O4S. The molecule has 1 aliphatic heterocycles. The quantitative estimate of drug-likeness (QED) is 0.372. The Hall–Kier alpha value is -1.60. The third-order valence-corrected chi connectivity index (χ3v) is 7.88. The number of benzene rings is 1. The van der Waals surface area contributed by atoms with Crippen LogP contribution in [0.5, 0.6) is 0 Å². The highest BCUT2D eigenvalue weighted by atomic mass is 32.2. The van der Waals surface area contributed by atoms with Crippen LogP contribution in [-0.2, 0) is 25.0 Å². The van der Waals surface area contributed by atoms with Crippen LogP contribution in [0.1, 0.15) is 71.8 Å². The molecule has 1 aromatic carbocycles. The molecule has 176 valence electrons. The molecule has 1 aromatic rings. The van der Waals surface area contributed by atoms with Gasteiger partial charge in [-0.05, 0) is 61.9 Å². The van der Waals surface area contributed by atoms with E-state index in [1.807, 2.05) is 24.3 Å². The van der Waals surface area contributed by atoms with Crippen molar-refractivity contribution in [3.63, 3.8) is 0 Å². The Morgan fingerprint density at radius 3 is 2.52 bits per heavy atom. The third-order valence-electron chi connectivity index (χ3n) is 6.59. The van der Waals surface area contributed by atoms with Crippen LogP contribution in [0.25, 0.3) is 0 Å². The van der Waals surface area contributed by atoms with Crippen molar-refractivity contribution in [3.05, 3.63) is 29.8 Å². The molecule has 1 N–H and O–H groups in total. The summed E-state index contributed by atoms with van der Waals surface area (Å²) in [5, 5.41) is 0. The van der Waals surface area contributed by atoms with Crippen LogP contribution in [-0.4, -0.2) is 51.3 Å². The number of hydrogen-bond acceptors (Lipinski definition) is 5. The lowest BCUT2D eigenvalue weighted by Gasteiger charge is -2.45. The molecule has 0 spiro atoms. The molecule has 2 atom stereocenters. The summed E-state index contributed by atoms with van der Waals surface area (Å²) in [6, 6.07) is 7.73. The van der Waals surface area contributed by atoms with Crippen LogP contribution < -0.4 is 4.72 Å². The van der Waals surface area contributed by atoms with Crippen molar-refractivity contribution in [2.45, 2.75) is 71.6 Å². The number of esters is 1. The summed E-state index contributed by atoms with van der Waals surface area (Å²) >= 11 is 0. The highest BCUT2D eigenvalue weighted by Gasteiger charge is 2.37. The maximum atomic E-state index is 12.2. The second-order valence-electron chi connectivity index (χ2n) is 8.98. The fourth-order valence-electron chi connectivity index (χ4n) is 4.31. The lowest BCUT2D eigenvalue weighted by atomic mass is 9.68. The summed E-state index contributed by atoms with van der Waals surface area (Å²) in [5.41, 5.74) is 1.86. The fourth-order valence-corrected chi connectivity index (χ4v) is 5.34. The smallest absolute Gasteiger partial charge is 0.306 e. The van der Waals surface area contributed by atoms with Gasteiger partial charge in [-0.1, -0.05) is 52.2 Å². The minimum absolute atomic E-state index is 0.0846. The molecule has 0 amide bonds. The number of sulfonamides is 1. The monoisotopic (exact) mass is 452 g/mol. The number of unbranched alkanes of at least 4 members (excludes halogenated alkanes) is 3. The average Bonchev–Trinajstić information content (AvgIpc) is 2.73. The van der Waals surface area contributed by atoms with Gasteiger partial charge in [0.15, 0.2) is 0 Å². The number of likely N-dealkylation sites (tertiary alicyclic amines) is 1. The summed E-state index contributed by atoms with van der Waals surface area (Å²) in [5.74, 6) is -0.252. The number of nitrogens with zero attached hydrogens (tertiary/aromatic N) is 1. The van der Waals surface area contributed by atoms with Gasteiger partial charge in [0, 0.05) is 12.2 Å². The highest BCUT2D eigenvalue weighted by Crippen LogP contribution is 2.39. The van der Waals surface area contributed by atoms with Gasteiger partial charge in [0.2, 0.25) is 10.0 Å². The molecule has 0 bridgehead atoms. The second-order valence-corrected chi connectivity index (χ2v) is 10.8. The van der Waals surface area contributed by atoms with E-state index >= 15 is 0 Å². The molecule has 1 saturated heterocycles. The number of carbonyl (C=O) groups is 1. The van der Waals surface area contributed by atoms with E-state index in [4.69, 9.17) is 4.74 Å². The lowest BCUT2D eigenvalue weighted by Crippen LogP contribution is -2.47. The van der Waals surface area contributed by atoms with Crippen molar-refractivity contribution < 1.29 is 17.9 Å². The van der Waals surface area contributed by atoms with Gasteiger partial charge < -0.3 is 9.64 Å². The van der Waals surface area contributed by atoms with Gasteiger partial charge in [-0.2, -0.15) is 0 Å². The van der Waals surface area contributed by atoms with E-state index in [9.17, 15) is 13.2 Å². The van der Waals surface area contributed by atoms with Crippen molar-refractivity contribution in [1.82, 2.24) is 4.90 Å². The number of anilines is 1. The first-order valence-electron chi connectivity index (χ1n) is 11.7. The molecule has 0 aromatic heterocycles. The van der Waals surface area contributed by atoms with E-state index in [0.29, 0.717) is 11.6 Å². The Balaban J connectivity index is 1.92. The van der Waals surface area contributed by atoms with Crippen molar-refractivity contribution >= 4 is 21.7 Å². The molecule has 7 heteroatoms. The van der Waals surface area contributed by atoms with Gasteiger partial charge in [0.1, 0.15) is 0 Å². The Morgan fingerprint density at radius 2 is 1.90 bits per heavy atom. The maximum Gasteiger partial charge on any atom is 0.306 e. The molecule has 2 unspecified atom stereocenters. The first-order chi connectivity index (χ1) is 14.7. The van der Waals surface area contributed by atoms with Crippen molar-refractivity contribution in [2.75, 3.05) is 36.7 Å². The lowest BCUT2D eigenvalue weighted by molar-refractivity contribution is -0.142. The zero-order valence-corrected chi connectivity index (χ0v) is 20.5. The molecule has 0 saturated carbocycles. The number of ether oxygens (including phenoxy) is 1. The maximum absolute atomic E-state index is 12.2. The molecule has 6 nitrogen and oxygen atoms in total. The highest BCUT2D eigenvalue weighted by molar-refractivity contribution is 7.92. The Morgan fingerprint density at radius 1 is 1.19 bits per heavy atom. The molecule has 0 aliphatic carbocycles. The number of rotatable bonds is 12. The molecular weight excluding hydrogens is 412 g/mol. The molecule has 1 aliphatic rings. The zero-order valence-electron chi connectivity index (χ0n) is 19.7. The van der Waals surface area contributed by atoms with Crippen LogP contribution >= 0.6 is 0 Å². The summed E-state index contributed by atoms with van der Waals surface area (Å²) in [6.07, 6.45) is 6.14. The number of carbonyl (C=O) groups excluding carboxylic acids is 1. The van der Waals surface area contributed by atoms with Gasteiger partial charge in [0.05, 0.1) is 18.8 Å². The van der Waals surface area contributed by atoms with E-state index < -0.39 is 16.0 Å². The van der Waals surface area contributed by atoms with E-state index in [1.165, 1.54) is 37.8 Å². The van der Waals surface area contributed by atoms with Crippen LogP contribution in [0.4, 0.5) is 5.69 Å². The standard InChI is InChI=1S/C24H40N2O4S/c1-5-7-8-9-16-26-17-15-24(4,20(3)19-26)21-10-12-22(13-11-21)25-31(28,29)18-14-23(27)30-6-2/h10-13,20,25H,5-9,14-19H2,1-4H3. The summed E-state index contributed by atoms with van der Waals surface area (Å²) in [7, 11) is -3.59. The second kappa shape index (κ2) is 11.9. The van der Waals surface area contributed by atoms with Crippen molar-refractivity contribution in [2.24, 2.45) is 5.92 Å². The minimum Gasteiger partial charge on any atom is -0.466 e. The summed E-state index contributed by atoms with van der Waals surface area (Å²) in [4.78, 5) is 14.0. The van der Waals surface area contributed by atoms with Crippen LogP contribution in [0, 0.1) is 5.92 Å². The van der Waals surface area contributed by atoms with E-state index in [1.54, 1.807) is 6.92 Å². The molecule has 0 radical (unpaired) electrons. The largest absolute Gasteiger partial charge is 0.466 e. The molecule has 1 heterocycles. The van der Waals surface area contributed by atoms with E-state index in [2.05, 4.69) is 30.4 Å². The number of piperidine rings is 1. The van der Waals surface area contributed by atoms with E-state index in [0.717, 1.165) is 19.5 Å². The normalized spacial score (nSPS) is 22.3. The molecule has 31 heavy (non-hydrogen) atoms. The van der Waals surface area contributed by atoms with Crippen LogP contribution in [0.15, 0.2) is 24.3 Å². The predicted octanol–water partition coefficient (Wildman–Crippen LogP) is 4.56. The molecule has 1 fully saturated rings. The predicted molar refractivity (Wildman–Crippen MR) is 127 cm³/mol. The summed E-state index contributed by atoms with van der Waals surface area (Å²) in [6.45, 7) is 12.2. The van der Waals surface area contributed by atoms with Crippen molar-refractivity contribution in [3.8, 4) is 0 Å². The van der Waals surface area contributed by atoms with Gasteiger partial charge >= 0.3 is 5.97 Å². The SMILES string of the molecule is CCCCCCN1CCC(C)(c2ccc(NS(=O)(=O)CCC(=O)OCC)cc2)C(C)C1. The Labute approximate surface area is 188 Å². The van der Waals surface area contributed by atoms with Gasteiger partial charge in [-0.25, -0.2) is 8.42 Å². The van der Waals surface area contributed by atoms with Crippen LogP contribution in [0.3, 0.4) is 0 Å². The topological polar surface area (TPSA) is 75.7 Å². The first-order valence-corrected chi connectivity index (χ1v) is 13.3. The van der Waals surface area contributed by atoms with Gasteiger partial charge in [-0.3, -0.25) is 9.52 Å². The molecule has 2 rings (SSSR count). The third kappa shape index (κ3) is 7.79.